The number of fused-ring (bicyclic) bond motifs is 1. The summed E-state index contributed by atoms with van der Waals surface area (Å²) >= 11 is 0. The average molecular weight is 398 g/mol. The van der Waals surface area contributed by atoms with E-state index in [9.17, 15) is 18.0 Å². The minimum atomic E-state index is -4.63. The fourth-order valence-corrected chi connectivity index (χ4v) is 2.67. The third-order valence-electron chi connectivity index (χ3n) is 4.08. The number of aromatic nitrogens is 4. The molecule has 0 spiro atoms. The Kier molecular flexibility index (Phi) is 4.59. The van der Waals surface area contributed by atoms with Crippen molar-refractivity contribution in [2.75, 3.05) is 10.6 Å². The van der Waals surface area contributed by atoms with Gasteiger partial charge in [-0.05, 0) is 42.5 Å². The van der Waals surface area contributed by atoms with Gasteiger partial charge in [0, 0.05) is 29.0 Å². The first kappa shape index (κ1) is 18.4. The first-order valence-corrected chi connectivity index (χ1v) is 8.40. The molecule has 0 unspecified atom stereocenters. The molecular weight excluding hydrogens is 385 g/mol. The van der Waals surface area contributed by atoms with Gasteiger partial charge in [-0.25, -0.2) is 4.98 Å². The van der Waals surface area contributed by atoms with E-state index in [0.29, 0.717) is 11.3 Å². The zero-order chi connectivity index (χ0) is 20.4. The van der Waals surface area contributed by atoms with E-state index < -0.39 is 17.8 Å². The summed E-state index contributed by atoms with van der Waals surface area (Å²) in [5.74, 6) is -0.632. The number of aromatic amines is 1. The van der Waals surface area contributed by atoms with Crippen molar-refractivity contribution >= 4 is 34.0 Å². The largest absolute Gasteiger partial charge is 0.433 e. The van der Waals surface area contributed by atoms with Crippen LogP contribution >= 0.6 is 0 Å². The number of pyridine rings is 2. The topological polar surface area (TPSA) is 95.6 Å². The van der Waals surface area contributed by atoms with Gasteiger partial charge < -0.3 is 10.6 Å². The number of carbonyl (C=O) groups is 1. The number of H-pyrrole nitrogens is 1. The van der Waals surface area contributed by atoms with Crippen molar-refractivity contribution in [3.63, 3.8) is 0 Å². The van der Waals surface area contributed by atoms with Crippen molar-refractivity contribution in [1.82, 2.24) is 20.2 Å². The highest BCUT2D eigenvalue weighted by Crippen LogP contribution is 2.33. The Morgan fingerprint density at radius 2 is 1.83 bits per heavy atom. The first-order valence-electron chi connectivity index (χ1n) is 8.40. The Morgan fingerprint density at radius 1 is 1.03 bits per heavy atom. The van der Waals surface area contributed by atoms with E-state index in [0.717, 1.165) is 23.0 Å². The molecule has 146 valence electrons. The molecule has 4 aromatic rings. The zero-order valence-electron chi connectivity index (χ0n) is 14.7. The molecule has 0 atom stereocenters. The first-order chi connectivity index (χ1) is 13.9. The summed E-state index contributed by atoms with van der Waals surface area (Å²) in [6.07, 6.45) is -0.150. The maximum absolute atomic E-state index is 13.1. The molecule has 29 heavy (non-hydrogen) atoms. The number of carbonyl (C=O) groups excluding carboxylic acids is 1. The van der Waals surface area contributed by atoms with Gasteiger partial charge in [-0.1, -0.05) is 0 Å². The molecule has 0 aliphatic heterocycles. The zero-order valence-corrected chi connectivity index (χ0v) is 14.7. The number of nitrogens with one attached hydrogen (secondary N) is 3. The summed E-state index contributed by atoms with van der Waals surface area (Å²) in [5.41, 5.74) is 0.605. The molecule has 4 rings (SSSR count). The Morgan fingerprint density at radius 3 is 2.59 bits per heavy atom. The number of rotatable bonds is 4. The third-order valence-corrected chi connectivity index (χ3v) is 4.08. The van der Waals surface area contributed by atoms with Crippen molar-refractivity contribution in [3.05, 3.63) is 72.3 Å². The van der Waals surface area contributed by atoms with Crippen molar-refractivity contribution in [2.24, 2.45) is 0 Å². The summed E-state index contributed by atoms with van der Waals surface area (Å²) in [7, 11) is 0. The molecule has 0 bridgehead atoms. The summed E-state index contributed by atoms with van der Waals surface area (Å²) in [6, 6.07) is 10.1. The molecule has 3 N–H and O–H groups in total. The highest BCUT2D eigenvalue weighted by Gasteiger charge is 2.33. The summed E-state index contributed by atoms with van der Waals surface area (Å²) in [4.78, 5) is 19.9. The van der Waals surface area contributed by atoms with Crippen LogP contribution in [0, 0.1) is 0 Å². The number of halogens is 3. The summed E-state index contributed by atoms with van der Waals surface area (Å²) in [6.45, 7) is 0. The second-order valence-corrected chi connectivity index (χ2v) is 6.08. The Balaban J connectivity index is 1.69. The number of nitrogens with zero attached hydrogens (tertiary/aromatic N) is 3. The summed E-state index contributed by atoms with van der Waals surface area (Å²) in [5, 5.41) is 12.9. The number of anilines is 3. The highest BCUT2D eigenvalue weighted by molar-refractivity contribution is 6.05. The smallest absolute Gasteiger partial charge is 0.338 e. The Bertz CT molecular complexity index is 1170. The standard InChI is InChI=1S/C19H13F3N6O/c20-19(21,22)16-4-3-15(26-18(29)11-5-7-23-8-6-11)17(27-16)25-13-1-2-14-12(9-13)10-24-28-14/h1-10H,(H,24,28)(H,25,27)(H,26,29). The summed E-state index contributed by atoms with van der Waals surface area (Å²) < 4.78 is 39.4. The van der Waals surface area contributed by atoms with Crippen LogP contribution in [-0.2, 0) is 6.18 Å². The molecule has 0 radical (unpaired) electrons. The molecule has 1 amide bonds. The van der Waals surface area contributed by atoms with Crippen LogP contribution in [0.5, 0.6) is 0 Å². The molecule has 10 heteroatoms. The van der Waals surface area contributed by atoms with E-state index in [4.69, 9.17) is 0 Å². The van der Waals surface area contributed by atoms with Crippen LogP contribution in [-0.4, -0.2) is 26.1 Å². The van der Waals surface area contributed by atoms with Gasteiger partial charge in [-0.3, -0.25) is 14.9 Å². The SMILES string of the molecule is O=C(Nc1ccc(C(F)(F)F)nc1Nc1ccc2[nH]ncc2c1)c1ccncc1. The monoisotopic (exact) mass is 398 g/mol. The van der Waals surface area contributed by atoms with Gasteiger partial charge in [-0.2, -0.15) is 18.3 Å². The minimum absolute atomic E-state index is 0.104. The van der Waals surface area contributed by atoms with Crippen LogP contribution < -0.4 is 10.6 Å². The lowest BCUT2D eigenvalue weighted by molar-refractivity contribution is -0.141. The Labute approximate surface area is 162 Å². The molecular formula is C19H13F3N6O. The lowest BCUT2D eigenvalue weighted by Crippen LogP contribution is -2.15. The van der Waals surface area contributed by atoms with Gasteiger partial charge in [0.15, 0.2) is 5.82 Å². The molecule has 3 heterocycles. The molecule has 0 fully saturated rings. The normalized spacial score (nSPS) is 11.4. The fourth-order valence-electron chi connectivity index (χ4n) is 2.67. The van der Waals surface area contributed by atoms with Crippen LogP contribution in [0.1, 0.15) is 16.1 Å². The maximum Gasteiger partial charge on any atom is 0.433 e. The maximum atomic E-state index is 13.1. The highest BCUT2D eigenvalue weighted by atomic mass is 19.4. The molecule has 0 aliphatic rings. The number of hydrogen-bond acceptors (Lipinski definition) is 5. The van der Waals surface area contributed by atoms with Crippen LogP contribution in [0.4, 0.5) is 30.4 Å². The van der Waals surface area contributed by atoms with E-state index in [1.54, 1.807) is 24.4 Å². The lowest BCUT2D eigenvalue weighted by Gasteiger charge is -2.15. The van der Waals surface area contributed by atoms with Crippen LogP contribution in [0.15, 0.2) is 61.1 Å². The van der Waals surface area contributed by atoms with Crippen molar-refractivity contribution in [1.29, 1.82) is 0 Å². The number of amides is 1. The van der Waals surface area contributed by atoms with E-state index in [-0.39, 0.29) is 11.5 Å². The van der Waals surface area contributed by atoms with Crippen molar-refractivity contribution < 1.29 is 18.0 Å². The van der Waals surface area contributed by atoms with Gasteiger partial charge in [0.05, 0.1) is 17.4 Å². The average Bonchev–Trinajstić information content (AvgIpc) is 3.17. The van der Waals surface area contributed by atoms with Crippen molar-refractivity contribution in [2.45, 2.75) is 6.18 Å². The predicted octanol–water partition coefficient (Wildman–Crippen LogP) is 4.37. The van der Waals surface area contributed by atoms with Crippen LogP contribution in [0.3, 0.4) is 0 Å². The van der Waals surface area contributed by atoms with E-state index in [2.05, 4.69) is 30.8 Å². The quantitative estimate of drug-likeness (QED) is 0.475. The van der Waals surface area contributed by atoms with Gasteiger partial charge in [0.25, 0.3) is 5.91 Å². The van der Waals surface area contributed by atoms with Crippen molar-refractivity contribution in [3.8, 4) is 0 Å². The number of benzene rings is 1. The second-order valence-electron chi connectivity index (χ2n) is 6.08. The van der Waals surface area contributed by atoms with Gasteiger partial charge in [0.1, 0.15) is 5.69 Å². The fraction of sp³-hybridized carbons (Fsp3) is 0.0526. The molecule has 0 aliphatic carbocycles. The third kappa shape index (κ3) is 4.00. The Hall–Kier alpha value is -3.95. The lowest BCUT2D eigenvalue weighted by atomic mass is 10.2. The number of alkyl halides is 3. The van der Waals surface area contributed by atoms with E-state index in [1.807, 2.05) is 0 Å². The second kappa shape index (κ2) is 7.23. The predicted molar refractivity (Wildman–Crippen MR) is 101 cm³/mol. The molecule has 7 nitrogen and oxygen atoms in total. The van der Waals surface area contributed by atoms with E-state index >= 15 is 0 Å². The van der Waals surface area contributed by atoms with Gasteiger partial charge >= 0.3 is 6.18 Å². The van der Waals surface area contributed by atoms with Gasteiger partial charge in [-0.15, -0.1) is 0 Å². The molecule has 1 aromatic carbocycles. The molecule has 3 aromatic heterocycles. The number of hydrogen-bond donors (Lipinski definition) is 3. The van der Waals surface area contributed by atoms with Crippen LogP contribution in [0.2, 0.25) is 0 Å². The van der Waals surface area contributed by atoms with E-state index in [1.165, 1.54) is 24.5 Å². The van der Waals surface area contributed by atoms with Crippen LogP contribution in [0.25, 0.3) is 10.9 Å². The van der Waals surface area contributed by atoms with Gasteiger partial charge in [0.2, 0.25) is 0 Å². The molecule has 0 saturated carbocycles. The molecule has 0 saturated heterocycles. The minimum Gasteiger partial charge on any atom is -0.338 e.